The molecule has 1 rings (SSSR count). The van der Waals surface area contributed by atoms with Gasteiger partial charge in [0.2, 0.25) is 0 Å². The van der Waals surface area contributed by atoms with Crippen molar-refractivity contribution in [3.63, 3.8) is 0 Å². The van der Waals surface area contributed by atoms with Gasteiger partial charge in [-0.2, -0.15) is 5.10 Å². The number of rotatable bonds is 6. The fourth-order valence-electron chi connectivity index (χ4n) is 2.29. The molecule has 1 aromatic heterocycles. The predicted molar refractivity (Wildman–Crippen MR) is 73.3 cm³/mol. The SMILES string of the molecule is C=C(C)CC(Cc1c(C)nn(C)c1C)NCC. The summed E-state index contributed by atoms with van der Waals surface area (Å²) in [4.78, 5) is 0. The standard InChI is InChI=1S/C14H25N3/c1-7-15-13(8-10(2)3)9-14-11(4)16-17(6)12(14)5/h13,15H,2,7-9H2,1,3-6H3. The van der Waals surface area contributed by atoms with Crippen molar-refractivity contribution in [1.29, 1.82) is 0 Å². The molecule has 3 nitrogen and oxygen atoms in total. The van der Waals surface area contributed by atoms with E-state index in [1.54, 1.807) is 0 Å². The van der Waals surface area contributed by atoms with Crippen molar-refractivity contribution < 1.29 is 0 Å². The maximum absolute atomic E-state index is 4.47. The van der Waals surface area contributed by atoms with Gasteiger partial charge in [0.05, 0.1) is 5.69 Å². The zero-order chi connectivity index (χ0) is 13.0. The normalized spacial score (nSPS) is 12.8. The molecule has 0 aliphatic carbocycles. The molecule has 1 N–H and O–H groups in total. The van der Waals surface area contributed by atoms with E-state index in [9.17, 15) is 0 Å². The first-order valence-electron chi connectivity index (χ1n) is 6.32. The Kier molecular flexibility index (Phi) is 4.94. The molecule has 0 amide bonds. The van der Waals surface area contributed by atoms with E-state index in [-0.39, 0.29) is 0 Å². The molecule has 0 aromatic carbocycles. The summed E-state index contributed by atoms with van der Waals surface area (Å²) in [5.74, 6) is 0. The van der Waals surface area contributed by atoms with Crippen LogP contribution in [-0.2, 0) is 13.5 Å². The van der Waals surface area contributed by atoms with Crippen LogP contribution in [0.25, 0.3) is 0 Å². The maximum Gasteiger partial charge on any atom is 0.0628 e. The Balaban J connectivity index is 2.81. The fraction of sp³-hybridized carbons (Fsp3) is 0.643. The summed E-state index contributed by atoms with van der Waals surface area (Å²) in [6.07, 6.45) is 2.06. The van der Waals surface area contributed by atoms with E-state index >= 15 is 0 Å². The fourth-order valence-corrected chi connectivity index (χ4v) is 2.29. The molecule has 1 unspecified atom stereocenters. The Morgan fingerprint density at radius 1 is 1.47 bits per heavy atom. The van der Waals surface area contributed by atoms with Crippen molar-refractivity contribution in [2.45, 2.75) is 46.6 Å². The van der Waals surface area contributed by atoms with Crippen LogP contribution in [0.15, 0.2) is 12.2 Å². The highest BCUT2D eigenvalue weighted by Crippen LogP contribution is 2.16. The molecule has 17 heavy (non-hydrogen) atoms. The molecule has 0 bridgehead atoms. The molecule has 0 saturated carbocycles. The molecule has 0 radical (unpaired) electrons. The van der Waals surface area contributed by atoms with Gasteiger partial charge in [-0.15, -0.1) is 6.58 Å². The van der Waals surface area contributed by atoms with Gasteiger partial charge in [0.25, 0.3) is 0 Å². The Labute approximate surface area is 105 Å². The first-order chi connectivity index (χ1) is 7.95. The molecule has 96 valence electrons. The van der Waals surface area contributed by atoms with Crippen molar-refractivity contribution in [2.24, 2.45) is 7.05 Å². The number of hydrogen-bond acceptors (Lipinski definition) is 2. The van der Waals surface area contributed by atoms with E-state index < -0.39 is 0 Å². The number of hydrogen-bond donors (Lipinski definition) is 1. The number of nitrogens with zero attached hydrogens (tertiary/aromatic N) is 2. The Hall–Kier alpha value is -1.09. The number of aromatic nitrogens is 2. The second kappa shape index (κ2) is 6.01. The smallest absolute Gasteiger partial charge is 0.0628 e. The van der Waals surface area contributed by atoms with Crippen LogP contribution in [0.3, 0.4) is 0 Å². The van der Waals surface area contributed by atoms with Crippen molar-refractivity contribution in [2.75, 3.05) is 6.54 Å². The van der Waals surface area contributed by atoms with Crippen LogP contribution in [0, 0.1) is 13.8 Å². The number of aryl methyl sites for hydroxylation is 2. The van der Waals surface area contributed by atoms with Gasteiger partial charge in [0, 0.05) is 18.8 Å². The largest absolute Gasteiger partial charge is 0.314 e. The minimum absolute atomic E-state index is 0.471. The Morgan fingerprint density at radius 3 is 2.53 bits per heavy atom. The van der Waals surface area contributed by atoms with Gasteiger partial charge in [0.15, 0.2) is 0 Å². The summed E-state index contributed by atoms with van der Waals surface area (Å²) >= 11 is 0. The highest BCUT2D eigenvalue weighted by atomic mass is 15.3. The third kappa shape index (κ3) is 3.70. The molecule has 0 aliphatic rings. The number of likely N-dealkylation sites (N-methyl/N-ethyl adjacent to an activating group) is 1. The molecule has 0 aliphatic heterocycles. The molecule has 0 fully saturated rings. The van der Waals surface area contributed by atoms with Crippen molar-refractivity contribution >= 4 is 0 Å². The highest BCUT2D eigenvalue weighted by Gasteiger charge is 2.15. The van der Waals surface area contributed by atoms with Crippen molar-refractivity contribution in [1.82, 2.24) is 15.1 Å². The quantitative estimate of drug-likeness (QED) is 0.768. The van der Waals surface area contributed by atoms with Crippen LogP contribution in [0.2, 0.25) is 0 Å². The topological polar surface area (TPSA) is 29.9 Å². The zero-order valence-electron chi connectivity index (χ0n) is 11.8. The highest BCUT2D eigenvalue weighted by molar-refractivity contribution is 5.25. The third-order valence-corrected chi connectivity index (χ3v) is 3.20. The summed E-state index contributed by atoms with van der Waals surface area (Å²) in [6.45, 7) is 13.5. The van der Waals surface area contributed by atoms with Crippen molar-refractivity contribution in [3.8, 4) is 0 Å². The second-order valence-corrected chi connectivity index (χ2v) is 4.89. The van der Waals surface area contributed by atoms with E-state index in [4.69, 9.17) is 0 Å². The summed E-state index contributed by atoms with van der Waals surface area (Å²) in [7, 11) is 2.01. The van der Waals surface area contributed by atoms with Crippen LogP contribution in [0.1, 0.15) is 37.2 Å². The maximum atomic E-state index is 4.47. The zero-order valence-corrected chi connectivity index (χ0v) is 11.8. The van der Waals surface area contributed by atoms with E-state index in [2.05, 4.69) is 44.7 Å². The summed E-state index contributed by atoms with van der Waals surface area (Å²) < 4.78 is 1.97. The summed E-state index contributed by atoms with van der Waals surface area (Å²) in [5, 5.41) is 8.00. The predicted octanol–water partition coefficient (Wildman–Crippen LogP) is 2.52. The minimum Gasteiger partial charge on any atom is -0.314 e. The van der Waals surface area contributed by atoms with E-state index in [1.165, 1.54) is 16.8 Å². The molecular weight excluding hydrogens is 210 g/mol. The van der Waals surface area contributed by atoms with Gasteiger partial charge in [0.1, 0.15) is 0 Å². The molecular formula is C14H25N3. The third-order valence-electron chi connectivity index (χ3n) is 3.20. The van der Waals surface area contributed by atoms with Gasteiger partial charge in [-0.1, -0.05) is 12.5 Å². The average molecular weight is 235 g/mol. The summed E-state index contributed by atoms with van der Waals surface area (Å²) in [6, 6.07) is 0.471. The van der Waals surface area contributed by atoms with E-state index in [0.717, 1.165) is 25.1 Å². The van der Waals surface area contributed by atoms with Gasteiger partial charge in [-0.05, 0) is 45.7 Å². The van der Waals surface area contributed by atoms with Crippen LogP contribution in [0.4, 0.5) is 0 Å². The molecule has 0 saturated heterocycles. The van der Waals surface area contributed by atoms with Gasteiger partial charge >= 0.3 is 0 Å². The second-order valence-electron chi connectivity index (χ2n) is 4.89. The van der Waals surface area contributed by atoms with Crippen LogP contribution in [-0.4, -0.2) is 22.4 Å². The molecule has 1 aromatic rings. The molecule has 0 spiro atoms. The Morgan fingerprint density at radius 2 is 2.12 bits per heavy atom. The van der Waals surface area contributed by atoms with Crippen molar-refractivity contribution in [3.05, 3.63) is 29.1 Å². The minimum atomic E-state index is 0.471. The lowest BCUT2D eigenvalue weighted by atomic mass is 9.99. The summed E-state index contributed by atoms with van der Waals surface area (Å²) in [5.41, 5.74) is 5.02. The monoisotopic (exact) mass is 235 g/mol. The Bertz CT molecular complexity index is 390. The van der Waals surface area contributed by atoms with Crippen LogP contribution < -0.4 is 5.32 Å². The lowest BCUT2D eigenvalue weighted by Crippen LogP contribution is -2.31. The van der Waals surface area contributed by atoms with E-state index in [0.29, 0.717) is 6.04 Å². The lowest BCUT2D eigenvalue weighted by molar-refractivity contribution is 0.518. The number of nitrogens with one attached hydrogen (secondary N) is 1. The van der Waals surface area contributed by atoms with Gasteiger partial charge in [-0.25, -0.2) is 0 Å². The van der Waals surface area contributed by atoms with E-state index in [1.807, 2.05) is 11.7 Å². The average Bonchev–Trinajstić information content (AvgIpc) is 2.44. The molecule has 1 heterocycles. The van der Waals surface area contributed by atoms with Crippen LogP contribution in [0.5, 0.6) is 0 Å². The molecule has 1 atom stereocenters. The van der Waals surface area contributed by atoms with Gasteiger partial charge < -0.3 is 5.32 Å². The lowest BCUT2D eigenvalue weighted by Gasteiger charge is -2.18. The first kappa shape index (κ1) is 14.0. The van der Waals surface area contributed by atoms with Gasteiger partial charge in [-0.3, -0.25) is 4.68 Å². The first-order valence-corrected chi connectivity index (χ1v) is 6.32. The molecule has 3 heteroatoms. The van der Waals surface area contributed by atoms with Crippen LogP contribution >= 0.6 is 0 Å².